The molecule has 78 valence electrons. The molecule has 0 amide bonds. The first-order valence-corrected chi connectivity index (χ1v) is 4.85. The van der Waals surface area contributed by atoms with Crippen LogP contribution in [0.25, 0.3) is 0 Å². The van der Waals surface area contributed by atoms with Gasteiger partial charge in [0.2, 0.25) is 5.95 Å². The van der Waals surface area contributed by atoms with Gasteiger partial charge in [0.25, 0.3) is 0 Å². The van der Waals surface area contributed by atoms with Gasteiger partial charge in [-0.3, -0.25) is 0 Å². The Morgan fingerprint density at radius 3 is 2.36 bits per heavy atom. The summed E-state index contributed by atoms with van der Waals surface area (Å²) in [6.45, 7) is 5.98. The highest BCUT2D eigenvalue weighted by Crippen LogP contribution is 2.06. The van der Waals surface area contributed by atoms with Gasteiger partial charge in [-0.05, 0) is 26.3 Å². The second-order valence-electron chi connectivity index (χ2n) is 3.41. The first kappa shape index (κ1) is 10.9. The summed E-state index contributed by atoms with van der Waals surface area (Å²) in [7, 11) is 0. The van der Waals surface area contributed by atoms with Gasteiger partial charge in [-0.15, -0.1) is 0 Å². The predicted molar refractivity (Wildman–Crippen MR) is 56.3 cm³/mol. The number of aryl methyl sites for hydroxylation is 2. The zero-order valence-corrected chi connectivity index (χ0v) is 8.91. The molecule has 0 saturated carbocycles. The quantitative estimate of drug-likeness (QED) is 0.759. The van der Waals surface area contributed by atoms with E-state index in [1.807, 2.05) is 26.8 Å². The van der Waals surface area contributed by atoms with E-state index in [9.17, 15) is 0 Å². The van der Waals surface area contributed by atoms with Crippen LogP contribution in [0, 0.1) is 13.8 Å². The minimum atomic E-state index is 0.0381. The third-order valence-corrected chi connectivity index (χ3v) is 2.03. The summed E-state index contributed by atoms with van der Waals surface area (Å²) < 4.78 is 0. The maximum Gasteiger partial charge on any atom is 0.223 e. The molecule has 1 rings (SSSR count). The number of hydrogen-bond acceptors (Lipinski definition) is 4. The molecule has 0 bridgehead atoms. The number of aromatic nitrogens is 2. The van der Waals surface area contributed by atoms with E-state index in [0.717, 1.165) is 17.8 Å². The van der Waals surface area contributed by atoms with Crippen LogP contribution in [0.15, 0.2) is 6.07 Å². The normalized spacial score (nSPS) is 12.6. The summed E-state index contributed by atoms with van der Waals surface area (Å²) in [5, 5.41) is 12.1. The molecule has 0 saturated heterocycles. The Labute approximate surface area is 84.4 Å². The maximum absolute atomic E-state index is 9.01. The van der Waals surface area contributed by atoms with Crippen molar-refractivity contribution in [3.63, 3.8) is 0 Å². The third kappa shape index (κ3) is 2.96. The molecule has 0 aliphatic heterocycles. The fourth-order valence-corrected chi connectivity index (χ4v) is 1.25. The van der Waals surface area contributed by atoms with Gasteiger partial charge in [0, 0.05) is 11.4 Å². The smallest absolute Gasteiger partial charge is 0.223 e. The highest BCUT2D eigenvalue weighted by molar-refractivity contribution is 5.28. The van der Waals surface area contributed by atoms with E-state index < -0.39 is 0 Å². The summed E-state index contributed by atoms with van der Waals surface area (Å²) in [6, 6.07) is 1.96. The minimum absolute atomic E-state index is 0.0381. The number of aliphatic hydroxyl groups excluding tert-OH is 1. The Hall–Kier alpha value is -1.16. The van der Waals surface area contributed by atoms with E-state index in [1.54, 1.807) is 0 Å². The lowest BCUT2D eigenvalue weighted by Crippen LogP contribution is -2.24. The van der Waals surface area contributed by atoms with E-state index in [4.69, 9.17) is 5.11 Å². The summed E-state index contributed by atoms with van der Waals surface area (Å²) in [5.41, 5.74) is 1.88. The number of rotatable bonds is 4. The zero-order chi connectivity index (χ0) is 10.6. The van der Waals surface area contributed by atoms with Crippen molar-refractivity contribution in [1.29, 1.82) is 0 Å². The fraction of sp³-hybridized carbons (Fsp3) is 0.600. The van der Waals surface area contributed by atoms with Crippen molar-refractivity contribution in [2.75, 3.05) is 11.9 Å². The van der Waals surface area contributed by atoms with Crippen LogP contribution in [0.5, 0.6) is 0 Å². The minimum Gasteiger partial charge on any atom is -0.394 e. The average molecular weight is 195 g/mol. The fourth-order valence-electron chi connectivity index (χ4n) is 1.25. The third-order valence-electron chi connectivity index (χ3n) is 2.03. The van der Waals surface area contributed by atoms with Crippen LogP contribution >= 0.6 is 0 Å². The largest absolute Gasteiger partial charge is 0.394 e. The van der Waals surface area contributed by atoms with Gasteiger partial charge < -0.3 is 10.4 Å². The topological polar surface area (TPSA) is 58.0 Å². The van der Waals surface area contributed by atoms with Crippen molar-refractivity contribution in [1.82, 2.24) is 9.97 Å². The van der Waals surface area contributed by atoms with Crippen LogP contribution in [-0.2, 0) is 0 Å². The van der Waals surface area contributed by atoms with Crippen LogP contribution in [-0.4, -0.2) is 27.7 Å². The Morgan fingerprint density at radius 2 is 1.93 bits per heavy atom. The summed E-state index contributed by atoms with van der Waals surface area (Å²) in [6.07, 6.45) is 0.854. The Morgan fingerprint density at radius 1 is 1.36 bits per heavy atom. The molecule has 0 fully saturated rings. The number of nitrogens with zero attached hydrogens (tertiary/aromatic N) is 2. The molecule has 2 N–H and O–H groups in total. The molecule has 1 atom stereocenters. The highest BCUT2D eigenvalue weighted by Gasteiger charge is 2.06. The van der Waals surface area contributed by atoms with Crippen LogP contribution in [0.1, 0.15) is 24.7 Å². The molecule has 0 spiro atoms. The lowest BCUT2D eigenvalue weighted by Gasteiger charge is -2.14. The van der Waals surface area contributed by atoms with E-state index in [2.05, 4.69) is 15.3 Å². The van der Waals surface area contributed by atoms with Crippen LogP contribution < -0.4 is 5.32 Å². The second-order valence-corrected chi connectivity index (χ2v) is 3.41. The molecule has 4 nitrogen and oxygen atoms in total. The molecule has 1 unspecified atom stereocenters. The van der Waals surface area contributed by atoms with Crippen LogP contribution in [0.4, 0.5) is 5.95 Å². The van der Waals surface area contributed by atoms with Gasteiger partial charge in [0.15, 0.2) is 0 Å². The molecule has 0 aromatic carbocycles. The van der Waals surface area contributed by atoms with Gasteiger partial charge in [-0.25, -0.2) is 9.97 Å². The SMILES string of the molecule is CCC(CO)Nc1nc(C)cc(C)n1. The molecule has 0 aliphatic carbocycles. The standard InChI is InChI=1S/C10H17N3O/c1-4-9(6-14)13-10-11-7(2)5-8(3)12-10/h5,9,14H,4,6H2,1-3H3,(H,11,12,13). The van der Waals surface area contributed by atoms with Crippen molar-refractivity contribution >= 4 is 5.95 Å². The number of hydrogen-bond donors (Lipinski definition) is 2. The number of aliphatic hydroxyl groups is 1. The second kappa shape index (κ2) is 4.91. The van der Waals surface area contributed by atoms with E-state index >= 15 is 0 Å². The molecular formula is C10H17N3O. The van der Waals surface area contributed by atoms with Crippen LogP contribution in [0.2, 0.25) is 0 Å². The van der Waals surface area contributed by atoms with Gasteiger partial charge in [0.05, 0.1) is 12.6 Å². The van der Waals surface area contributed by atoms with Crippen molar-refractivity contribution in [2.45, 2.75) is 33.2 Å². The molecule has 1 aromatic rings. The van der Waals surface area contributed by atoms with Crippen LogP contribution in [0.3, 0.4) is 0 Å². The molecule has 1 heterocycles. The lowest BCUT2D eigenvalue weighted by molar-refractivity contribution is 0.271. The molecule has 0 aliphatic rings. The van der Waals surface area contributed by atoms with Gasteiger partial charge >= 0.3 is 0 Å². The van der Waals surface area contributed by atoms with Gasteiger partial charge in [-0.1, -0.05) is 6.92 Å². The zero-order valence-electron chi connectivity index (χ0n) is 8.91. The first-order valence-electron chi connectivity index (χ1n) is 4.85. The molecular weight excluding hydrogens is 178 g/mol. The van der Waals surface area contributed by atoms with Crippen molar-refractivity contribution in [2.24, 2.45) is 0 Å². The van der Waals surface area contributed by atoms with Crippen molar-refractivity contribution < 1.29 is 5.11 Å². The highest BCUT2D eigenvalue weighted by atomic mass is 16.3. The predicted octanol–water partition coefficient (Wildman–Crippen LogP) is 1.28. The van der Waals surface area contributed by atoms with E-state index in [-0.39, 0.29) is 12.6 Å². The average Bonchev–Trinajstić information content (AvgIpc) is 2.12. The molecule has 1 aromatic heterocycles. The Balaban J connectivity index is 2.75. The summed E-state index contributed by atoms with van der Waals surface area (Å²) in [4.78, 5) is 8.47. The summed E-state index contributed by atoms with van der Waals surface area (Å²) in [5.74, 6) is 0.600. The maximum atomic E-state index is 9.01. The van der Waals surface area contributed by atoms with Gasteiger partial charge in [-0.2, -0.15) is 0 Å². The molecule has 0 radical (unpaired) electrons. The first-order chi connectivity index (χ1) is 6.65. The lowest BCUT2D eigenvalue weighted by atomic mass is 10.2. The molecule has 4 heteroatoms. The molecule has 14 heavy (non-hydrogen) atoms. The van der Waals surface area contributed by atoms with E-state index in [0.29, 0.717) is 5.95 Å². The Bertz CT molecular complexity index is 277. The number of nitrogens with one attached hydrogen (secondary N) is 1. The monoisotopic (exact) mass is 195 g/mol. The Kier molecular flexibility index (Phi) is 3.83. The summed E-state index contributed by atoms with van der Waals surface area (Å²) >= 11 is 0. The van der Waals surface area contributed by atoms with E-state index in [1.165, 1.54) is 0 Å². The van der Waals surface area contributed by atoms with Crippen molar-refractivity contribution in [3.05, 3.63) is 17.5 Å². The number of anilines is 1. The van der Waals surface area contributed by atoms with Gasteiger partial charge in [0.1, 0.15) is 0 Å². The van der Waals surface area contributed by atoms with Crippen molar-refractivity contribution in [3.8, 4) is 0 Å².